The van der Waals surface area contributed by atoms with E-state index in [2.05, 4.69) is 33.2 Å². The molecular formula is C14H13N3S. The average Bonchev–Trinajstić information content (AvgIpc) is 2.85. The Bertz CT molecular complexity index is 648. The van der Waals surface area contributed by atoms with Gasteiger partial charge in [-0.1, -0.05) is 0 Å². The minimum Gasteiger partial charge on any atom is -0.340 e. The standard InChI is InChI=1S/C14H13N3S/c1-2-17(11-3-6-15-7-4-11)13-10-18-14-9-16-8-5-12(13)14/h3-10H,2H2,1H3. The summed E-state index contributed by atoms with van der Waals surface area (Å²) < 4.78 is 1.22. The lowest BCUT2D eigenvalue weighted by molar-refractivity contribution is 1.03. The summed E-state index contributed by atoms with van der Waals surface area (Å²) in [6.07, 6.45) is 7.42. The molecule has 3 aromatic rings. The van der Waals surface area contributed by atoms with E-state index in [-0.39, 0.29) is 0 Å². The van der Waals surface area contributed by atoms with Crippen molar-refractivity contribution in [3.8, 4) is 0 Å². The van der Waals surface area contributed by atoms with Crippen molar-refractivity contribution in [1.29, 1.82) is 0 Å². The summed E-state index contributed by atoms with van der Waals surface area (Å²) in [5.41, 5.74) is 2.41. The maximum atomic E-state index is 4.17. The van der Waals surface area contributed by atoms with Gasteiger partial charge in [-0.15, -0.1) is 11.3 Å². The normalized spacial score (nSPS) is 10.7. The van der Waals surface area contributed by atoms with E-state index in [1.165, 1.54) is 21.5 Å². The van der Waals surface area contributed by atoms with Gasteiger partial charge >= 0.3 is 0 Å². The molecule has 0 aliphatic carbocycles. The predicted octanol–water partition coefficient (Wildman–Crippen LogP) is 3.85. The summed E-state index contributed by atoms with van der Waals surface area (Å²) >= 11 is 1.73. The topological polar surface area (TPSA) is 29.0 Å². The van der Waals surface area contributed by atoms with Gasteiger partial charge in [-0.25, -0.2) is 0 Å². The van der Waals surface area contributed by atoms with Gasteiger partial charge in [0.15, 0.2) is 0 Å². The third-order valence-electron chi connectivity index (χ3n) is 2.94. The quantitative estimate of drug-likeness (QED) is 0.712. The van der Waals surface area contributed by atoms with Crippen LogP contribution in [0.3, 0.4) is 0 Å². The van der Waals surface area contributed by atoms with E-state index < -0.39 is 0 Å². The average molecular weight is 255 g/mol. The molecule has 0 saturated carbocycles. The van der Waals surface area contributed by atoms with E-state index >= 15 is 0 Å². The molecule has 18 heavy (non-hydrogen) atoms. The van der Waals surface area contributed by atoms with Crippen molar-refractivity contribution < 1.29 is 0 Å². The molecule has 0 unspecified atom stereocenters. The number of thiophene rings is 1. The van der Waals surface area contributed by atoms with Crippen LogP contribution in [0.25, 0.3) is 10.1 Å². The summed E-state index contributed by atoms with van der Waals surface area (Å²) in [7, 11) is 0. The summed E-state index contributed by atoms with van der Waals surface area (Å²) in [6.45, 7) is 3.09. The van der Waals surface area contributed by atoms with E-state index in [9.17, 15) is 0 Å². The summed E-state index contributed by atoms with van der Waals surface area (Å²) in [5, 5.41) is 3.45. The largest absolute Gasteiger partial charge is 0.340 e. The molecule has 0 bridgehead atoms. The highest BCUT2D eigenvalue weighted by molar-refractivity contribution is 7.17. The third-order valence-corrected chi connectivity index (χ3v) is 3.86. The first kappa shape index (κ1) is 11.2. The van der Waals surface area contributed by atoms with Crippen LogP contribution in [0.1, 0.15) is 6.92 Å². The Morgan fingerprint density at radius 2 is 1.89 bits per heavy atom. The summed E-state index contributed by atoms with van der Waals surface area (Å²) in [4.78, 5) is 10.5. The highest BCUT2D eigenvalue weighted by Crippen LogP contribution is 2.35. The van der Waals surface area contributed by atoms with Gasteiger partial charge in [-0.2, -0.15) is 0 Å². The van der Waals surface area contributed by atoms with Gasteiger partial charge in [0.25, 0.3) is 0 Å². The van der Waals surface area contributed by atoms with Crippen molar-refractivity contribution in [2.24, 2.45) is 0 Å². The Labute approximate surface area is 110 Å². The van der Waals surface area contributed by atoms with Crippen molar-refractivity contribution >= 4 is 32.8 Å². The molecule has 0 aliphatic heterocycles. The van der Waals surface area contributed by atoms with Crippen molar-refractivity contribution in [3.05, 3.63) is 48.4 Å². The Kier molecular flexibility index (Phi) is 2.94. The van der Waals surface area contributed by atoms with Crippen LogP contribution in [-0.4, -0.2) is 16.5 Å². The first-order valence-electron chi connectivity index (χ1n) is 5.89. The molecule has 4 heteroatoms. The molecule has 90 valence electrons. The summed E-state index contributed by atoms with van der Waals surface area (Å²) in [5.74, 6) is 0. The van der Waals surface area contributed by atoms with Crippen LogP contribution in [0.2, 0.25) is 0 Å². The molecule has 0 fully saturated rings. The minimum absolute atomic E-state index is 0.929. The molecule has 0 atom stereocenters. The third kappa shape index (κ3) is 1.84. The molecule has 3 aromatic heterocycles. The second-order valence-corrected chi connectivity index (χ2v) is 4.85. The Balaban J connectivity index is 2.12. The number of rotatable bonds is 3. The van der Waals surface area contributed by atoms with Crippen LogP contribution < -0.4 is 4.90 Å². The number of hydrogen-bond donors (Lipinski definition) is 0. The molecule has 0 saturated heterocycles. The number of anilines is 2. The van der Waals surface area contributed by atoms with E-state index in [0.717, 1.165) is 6.54 Å². The molecule has 0 aliphatic rings. The number of aromatic nitrogens is 2. The van der Waals surface area contributed by atoms with Gasteiger partial charge in [0.05, 0.1) is 10.4 Å². The van der Waals surface area contributed by atoms with Crippen LogP contribution in [0.15, 0.2) is 48.4 Å². The lowest BCUT2D eigenvalue weighted by atomic mass is 10.2. The van der Waals surface area contributed by atoms with Gasteiger partial charge in [-0.3, -0.25) is 9.97 Å². The number of nitrogens with zero attached hydrogens (tertiary/aromatic N) is 3. The molecule has 0 spiro atoms. The second-order valence-electron chi connectivity index (χ2n) is 3.94. The maximum Gasteiger partial charge on any atom is 0.0600 e. The first-order valence-corrected chi connectivity index (χ1v) is 6.77. The van der Waals surface area contributed by atoms with Crippen LogP contribution in [0.4, 0.5) is 11.4 Å². The number of hydrogen-bond acceptors (Lipinski definition) is 4. The molecule has 0 amide bonds. The molecule has 3 heterocycles. The Hall–Kier alpha value is -1.94. The van der Waals surface area contributed by atoms with Crippen LogP contribution in [-0.2, 0) is 0 Å². The fraction of sp³-hybridized carbons (Fsp3) is 0.143. The smallest absolute Gasteiger partial charge is 0.0600 e. The monoisotopic (exact) mass is 255 g/mol. The van der Waals surface area contributed by atoms with Crippen LogP contribution in [0, 0.1) is 0 Å². The SMILES string of the molecule is CCN(c1ccncc1)c1csc2cnccc12. The minimum atomic E-state index is 0.929. The zero-order valence-electron chi connectivity index (χ0n) is 10.1. The fourth-order valence-corrected chi connectivity index (χ4v) is 3.01. The zero-order chi connectivity index (χ0) is 12.4. The lowest BCUT2D eigenvalue weighted by Gasteiger charge is -2.22. The van der Waals surface area contributed by atoms with Crippen molar-refractivity contribution in [1.82, 2.24) is 9.97 Å². The number of fused-ring (bicyclic) bond motifs is 1. The molecule has 0 radical (unpaired) electrons. The van der Waals surface area contributed by atoms with Crippen molar-refractivity contribution in [2.45, 2.75) is 6.92 Å². The number of pyridine rings is 2. The molecular weight excluding hydrogens is 242 g/mol. The predicted molar refractivity (Wildman–Crippen MR) is 76.5 cm³/mol. The molecule has 3 nitrogen and oxygen atoms in total. The highest BCUT2D eigenvalue weighted by atomic mass is 32.1. The van der Waals surface area contributed by atoms with Gasteiger partial charge in [-0.05, 0) is 25.1 Å². The lowest BCUT2D eigenvalue weighted by Crippen LogP contribution is -2.15. The zero-order valence-corrected chi connectivity index (χ0v) is 10.9. The van der Waals surface area contributed by atoms with E-state index in [1.54, 1.807) is 11.3 Å². The van der Waals surface area contributed by atoms with Crippen molar-refractivity contribution in [3.63, 3.8) is 0 Å². The Morgan fingerprint density at radius 3 is 2.67 bits per heavy atom. The molecule has 3 rings (SSSR count). The maximum absolute atomic E-state index is 4.17. The van der Waals surface area contributed by atoms with E-state index in [4.69, 9.17) is 0 Å². The highest BCUT2D eigenvalue weighted by Gasteiger charge is 2.12. The molecule has 0 aromatic carbocycles. The molecule has 0 N–H and O–H groups in total. The van der Waals surface area contributed by atoms with E-state index in [0.29, 0.717) is 0 Å². The second kappa shape index (κ2) is 4.74. The van der Waals surface area contributed by atoms with Gasteiger partial charge in [0, 0.05) is 47.8 Å². The van der Waals surface area contributed by atoms with Crippen LogP contribution >= 0.6 is 11.3 Å². The van der Waals surface area contributed by atoms with Crippen molar-refractivity contribution in [2.75, 3.05) is 11.4 Å². The van der Waals surface area contributed by atoms with Gasteiger partial charge in [0.2, 0.25) is 0 Å². The van der Waals surface area contributed by atoms with Gasteiger partial charge < -0.3 is 4.90 Å². The van der Waals surface area contributed by atoms with Gasteiger partial charge in [0.1, 0.15) is 0 Å². The van der Waals surface area contributed by atoms with E-state index in [1.807, 2.05) is 36.9 Å². The fourth-order valence-electron chi connectivity index (χ4n) is 2.09. The summed E-state index contributed by atoms with van der Waals surface area (Å²) in [6, 6.07) is 6.15. The van der Waals surface area contributed by atoms with Crippen LogP contribution in [0.5, 0.6) is 0 Å². The Morgan fingerprint density at radius 1 is 1.11 bits per heavy atom. The first-order chi connectivity index (χ1) is 8.90.